The zero-order valence-corrected chi connectivity index (χ0v) is 13.8. The van der Waals surface area contributed by atoms with E-state index in [2.05, 4.69) is 38.3 Å². The number of thiol groups is 1. The summed E-state index contributed by atoms with van der Waals surface area (Å²) < 4.78 is 5.53. The standard InChI is InChI=1S/C16H31NOS/c1-15(2,3)14-4-8-17(9-5-14)12-16(13-19)6-10-18-11-7-16/h14,19H,4-13H2,1-3H3. The Morgan fingerprint density at radius 1 is 1.16 bits per heavy atom. The van der Waals surface area contributed by atoms with E-state index in [1.165, 1.54) is 45.3 Å². The van der Waals surface area contributed by atoms with Crippen molar-refractivity contribution in [3.63, 3.8) is 0 Å². The highest BCUT2D eigenvalue weighted by Gasteiger charge is 2.35. The minimum atomic E-state index is 0.413. The molecule has 0 bridgehead atoms. The minimum absolute atomic E-state index is 0.413. The molecule has 0 aromatic carbocycles. The van der Waals surface area contributed by atoms with Crippen LogP contribution in [0.5, 0.6) is 0 Å². The molecule has 2 fully saturated rings. The van der Waals surface area contributed by atoms with Gasteiger partial charge in [-0.25, -0.2) is 0 Å². The van der Waals surface area contributed by atoms with Gasteiger partial charge in [0.05, 0.1) is 0 Å². The summed E-state index contributed by atoms with van der Waals surface area (Å²) >= 11 is 4.63. The molecule has 112 valence electrons. The molecule has 2 rings (SSSR count). The number of nitrogens with zero attached hydrogens (tertiary/aromatic N) is 1. The van der Waals surface area contributed by atoms with Crippen LogP contribution in [0.3, 0.4) is 0 Å². The van der Waals surface area contributed by atoms with Crippen molar-refractivity contribution in [3.05, 3.63) is 0 Å². The lowest BCUT2D eigenvalue weighted by Crippen LogP contribution is -2.46. The van der Waals surface area contributed by atoms with Gasteiger partial charge in [-0.1, -0.05) is 20.8 Å². The maximum absolute atomic E-state index is 5.53. The summed E-state index contributed by atoms with van der Waals surface area (Å²) in [5, 5.41) is 0. The molecule has 0 aliphatic carbocycles. The van der Waals surface area contributed by atoms with E-state index in [9.17, 15) is 0 Å². The molecule has 2 saturated heterocycles. The largest absolute Gasteiger partial charge is 0.381 e. The highest BCUT2D eigenvalue weighted by molar-refractivity contribution is 7.80. The van der Waals surface area contributed by atoms with Crippen LogP contribution in [0.2, 0.25) is 0 Å². The Hall–Kier alpha value is 0.270. The molecule has 3 heteroatoms. The van der Waals surface area contributed by atoms with Gasteiger partial charge in [0, 0.05) is 19.8 Å². The van der Waals surface area contributed by atoms with Gasteiger partial charge in [0.25, 0.3) is 0 Å². The molecule has 0 amide bonds. The van der Waals surface area contributed by atoms with E-state index in [1.807, 2.05) is 0 Å². The lowest BCUT2D eigenvalue weighted by atomic mass is 9.74. The van der Waals surface area contributed by atoms with Crippen LogP contribution in [0.15, 0.2) is 0 Å². The summed E-state index contributed by atoms with van der Waals surface area (Å²) in [6.07, 6.45) is 5.11. The van der Waals surface area contributed by atoms with Crippen LogP contribution in [0.1, 0.15) is 46.5 Å². The van der Waals surface area contributed by atoms with Crippen molar-refractivity contribution in [3.8, 4) is 0 Å². The van der Waals surface area contributed by atoms with Gasteiger partial charge in [0.15, 0.2) is 0 Å². The maximum Gasteiger partial charge on any atom is 0.0472 e. The molecular weight excluding hydrogens is 254 g/mol. The fraction of sp³-hybridized carbons (Fsp3) is 1.00. The molecule has 0 unspecified atom stereocenters. The smallest absolute Gasteiger partial charge is 0.0472 e. The van der Waals surface area contributed by atoms with Crippen molar-refractivity contribution in [1.29, 1.82) is 0 Å². The summed E-state index contributed by atoms with van der Waals surface area (Å²) in [4.78, 5) is 2.68. The molecule has 19 heavy (non-hydrogen) atoms. The Morgan fingerprint density at radius 3 is 2.21 bits per heavy atom. The van der Waals surface area contributed by atoms with Gasteiger partial charge in [0.2, 0.25) is 0 Å². The Kier molecular flexibility index (Phi) is 5.24. The number of ether oxygens (including phenoxy) is 1. The molecule has 2 nitrogen and oxygen atoms in total. The third-order valence-electron chi connectivity index (χ3n) is 5.26. The number of likely N-dealkylation sites (tertiary alicyclic amines) is 1. The summed E-state index contributed by atoms with van der Waals surface area (Å²) in [7, 11) is 0. The summed E-state index contributed by atoms with van der Waals surface area (Å²) in [6.45, 7) is 12.8. The molecule has 0 radical (unpaired) electrons. The van der Waals surface area contributed by atoms with E-state index < -0.39 is 0 Å². The second-order valence-corrected chi connectivity index (χ2v) is 8.00. The van der Waals surface area contributed by atoms with E-state index in [0.717, 1.165) is 24.9 Å². The van der Waals surface area contributed by atoms with Gasteiger partial charge in [-0.3, -0.25) is 0 Å². The summed E-state index contributed by atoms with van der Waals surface area (Å²) in [5.41, 5.74) is 0.891. The predicted molar refractivity (Wildman–Crippen MR) is 85.0 cm³/mol. The third-order valence-corrected chi connectivity index (χ3v) is 5.93. The third kappa shape index (κ3) is 4.12. The highest BCUT2D eigenvalue weighted by Crippen LogP contribution is 2.37. The zero-order chi connectivity index (χ0) is 13.9. The lowest BCUT2D eigenvalue weighted by molar-refractivity contribution is -0.00208. The average molecular weight is 285 g/mol. The van der Waals surface area contributed by atoms with Gasteiger partial charge >= 0.3 is 0 Å². The fourth-order valence-electron chi connectivity index (χ4n) is 3.60. The van der Waals surface area contributed by atoms with Crippen molar-refractivity contribution in [2.24, 2.45) is 16.7 Å². The molecule has 2 aliphatic heterocycles. The van der Waals surface area contributed by atoms with Crippen molar-refractivity contribution < 1.29 is 4.74 Å². The van der Waals surface area contributed by atoms with Gasteiger partial charge in [0.1, 0.15) is 0 Å². The van der Waals surface area contributed by atoms with Crippen LogP contribution in [0.4, 0.5) is 0 Å². The fourth-order valence-corrected chi connectivity index (χ4v) is 4.02. The monoisotopic (exact) mass is 285 g/mol. The van der Waals surface area contributed by atoms with Crippen molar-refractivity contribution in [1.82, 2.24) is 4.90 Å². The topological polar surface area (TPSA) is 12.5 Å². The second kappa shape index (κ2) is 6.36. The van der Waals surface area contributed by atoms with E-state index in [0.29, 0.717) is 10.8 Å². The van der Waals surface area contributed by atoms with Gasteiger partial charge in [-0.2, -0.15) is 12.6 Å². The van der Waals surface area contributed by atoms with Crippen molar-refractivity contribution >= 4 is 12.6 Å². The SMILES string of the molecule is CC(C)(C)C1CCN(CC2(CS)CCOCC2)CC1. The molecular formula is C16H31NOS. The molecule has 2 heterocycles. The molecule has 0 aromatic rings. The first-order chi connectivity index (χ1) is 8.95. The van der Waals surface area contributed by atoms with Gasteiger partial charge in [-0.15, -0.1) is 0 Å². The average Bonchev–Trinajstić information content (AvgIpc) is 2.39. The van der Waals surface area contributed by atoms with Crippen LogP contribution in [-0.4, -0.2) is 43.5 Å². The summed E-state index contributed by atoms with van der Waals surface area (Å²) in [5.74, 6) is 1.90. The van der Waals surface area contributed by atoms with Crippen molar-refractivity contribution in [2.45, 2.75) is 46.5 Å². The Morgan fingerprint density at radius 2 is 1.74 bits per heavy atom. The number of hydrogen-bond donors (Lipinski definition) is 1. The number of piperidine rings is 1. The highest BCUT2D eigenvalue weighted by atomic mass is 32.1. The molecule has 0 spiro atoms. The normalized spacial score (nSPS) is 26.5. The summed E-state index contributed by atoms with van der Waals surface area (Å²) in [6, 6.07) is 0. The molecule has 0 saturated carbocycles. The van der Waals surface area contributed by atoms with Crippen LogP contribution in [0.25, 0.3) is 0 Å². The maximum atomic E-state index is 5.53. The van der Waals surface area contributed by atoms with E-state index in [4.69, 9.17) is 4.74 Å². The Balaban J connectivity index is 1.84. The molecule has 0 aromatic heterocycles. The van der Waals surface area contributed by atoms with Gasteiger partial charge in [-0.05, 0) is 61.3 Å². The lowest BCUT2D eigenvalue weighted by Gasteiger charge is -2.44. The second-order valence-electron chi connectivity index (χ2n) is 7.69. The van der Waals surface area contributed by atoms with Crippen LogP contribution >= 0.6 is 12.6 Å². The van der Waals surface area contributed by atoms with Crippen molar-refractivity contribution in [2.75, 3.05) is 38.6 Å². The zero-order valence-electron chi connectivity index (χ0n) is 13.0. The van der Waals surface area contributed by atoms with E-state index in [-0.39, 0.29) is 0 Å². The number of rotatable bonds is 3. The van der Waals surface area contributed by atoms with Crippen LogP contribution in [-0.2, 0) is 4.74 Å². The Labute approximate surface area is 124 Å². The van der Waals surface area contributed by atoms with E-state index in [1.54, 1.807) is 0 Å². The minimum Gasteiger partial charge on any atom is -0.381 e. The van der Waals surface area contributed by atoms with Crippen LogP contribution < -0.4 is 0 Å². The molecule has 0 N–H and O–H groups in total. The van der Waals surface area contributed by atoms with Crippen LogP contribution in [0, 0.1) is 16.7 Å². The molecule has 2 aliphatic rings. The first kappa shape index (κ1) is 15.7. The molecule has 0 atom stereocenters. The first-order valence-corrected chi connectivity index (χ1v) is 8.49. The first-order valence-electron chi connectivity index (χ1n) is 7.86. The Bertz CT molecular complexity index is 273. The quantitative estimate of drug-likeness (QED) is 0.797. The van der Waals surface area contributed by atoms with Gasteiger partial charge < -0.3 is 9.64 Å². The number of hydrogen-bond acceptors (Lipinski definition) is 3. The predicted octanol–water partition coefficient (Wildman–Crippen LogP) is 3.47. The van der Waals surface area contributed by atoms with E-state index >= 15 is 0 Å².